The van der Waals surface area contributed by atoms with Crippen LogP contribution in [0, 0.1) is 10.1 Å². The van der Waals surface area contributed by atoms with Crippen LogP contribution in [0.3, 0.4) is 0 Å². The van der Waals surface area contributed by atoms with Gasteiger partial charge in [-0.1, -0.05) is 18.2 Å². The smallest absolute Gasteiger partial charge is 0.344 e. The van der Waals surface area contributed by atoms with Crippen LogP contribution in [-0.2, 0) is 14.3 Å². The van der Waals surface area contributed by atoms with E-state index in [-0.39, 0.29) is 22.7 Å². The second-order valence-electron chi connectivity index (χ2n) is 5.28. The largest absolute Gasteiger partial charge is 0.490 e. The number of nitro groups is 1. The van der Waals surface area contributed by atoms with E-state index in [0.717, 1.165) is 0 Å². The molecule has 0 heterocycles. The van der Waals surface area contributed by atoms with E-state index < -0.39 is 35.9 Å². The van der Waals surface area contributed by atoms with Gasteiger partial charge in [-0.3, -0.25) is 25.0 Å². The molecule has 0 saturated carbocycles. The van der Waals surface area contributed by atoms with Crippen LogP contribution in [-0.4, -0.2) is 43.0 Å². The van der Waals surface area contributed by atoms with Crippen LogP contribution in [0.5, 0.6) is 11.5 Å². The number of ether oxygens (including phenoxy) is 3. The summed E-state index contributed by atoms with van der Waals surface area (Å²) in [7, 11) is 1.26. The molecule has 10 nitrogen and oxygen atoms in total. The average Bonchev–Trinajstić information content (AvgIpc) is 2.70. The van der Waals surface area contributed by atoms with Crippen LogP contribution in [0.1, 0.15) is 10.4 Å². The molecule has 2 amide bonds. The normalized spacial score (nSPS) is 9.89. The van der Waals surface area contributed by atoms with Gasteiger partial charge in [0.15, 0.2) is 13.2 Å². The first-order valence-electron chi connectivity index (χ1n) is 7.90. The van der Waals surface area contributed by atoms with E-state index in [1.807, 2.05) is 0 Å². The molecule has 0 radical (unpaired) electrons. The molecule has 0 aliphatic rings. The van der Waals surface area contributed by atoms with E-state index >= 15 is 0 Å². The number of carbonyl (C=O) groups excluding carboxylic acids is 3. The SMILES string of the molecule is COc1cc(OCC(=O)OCC(=O)NC(=O)c2ccccc2)ccc1[N+](=O)[O-]. The van der Waals surface area contributed by atoms with E-state index in [0.29, 0.717) is 0 Å². The summed E-state index contributed by atoms with van der Waals surface area (Å²) in [6, 6.07) is 11.8. The molecule has 0 fully saturated rings. The standard InChI is InChI=1S/C18H16N2O8/c1-26-15-9-13(7-8-14(15)20(24)25)27-11-17(22)28-10-16(21)19-18(23)12-5-3-2-4-6-12/h2-9H,10-11H2,1H3,(H,19,21,23). The molecule has 2 aromatic carbocycles. The Morgan fingerprint density at radius 2 is 1.79 bits per heavy atom. The number of esters is 1. The number of nitrogens with zero attached hydrogens (tertiary/aromatic N) is 1. The predicted molar refractivity (Wildman–Crippen MR) is 95.0 cm³/mol. The topological polar surface area (TPSA) is 134 Å². The third kappa shape index (κ3) is 5.80. The Bertz CT molecular complexity index is 882. The van der Waals surface area contributed by atoms with Crippen LogP contribution >= 0.6 is 0 Å². The minimum absolute atomic E-state index is 0.0327. The maximum absolute atomic E-state index is 11.8. The first-order valence-corrected chi connectivity index (χ1v) is 7.90. The summed E-state index contributed by atoms with van der Waals surface area (Å²) in [6.07, 6.45) is 0. The zero-order chi connectivity index (χ0) is 20.5. The van der Waals surface area contributed by atoms with Crippen molar-refractivity contribution in [1.82, 2.24) is 5.32 Å². The first kappa shape index (κ1) is 20.4. The van der Waals surface area contributed by atoms with Crippen molar-refractivity contribution < 1.29 is 33.5 Å². The van der Waals surface area contributed by atoms with Gasteiger partial charge in [-0.05, 0) is 18.2 Å². The highest BCUT2D eigenvalue weighted by molar-refractivity contribution is 6.05. The number of methoxy groups -OCH3 is 1. The molecule has 0 aliphatic heterocycles. The van der Waals surface area contributed by atoms with Crippen molar-refractivity contribution in [2.75, 3.05) is 20.3 Å². The molecule has 0 aliphatic carbocycles. The summed E-state index contributed by atoms with van der Waals surface area (Å²) in [6.45, 7) is -1.20. The van der Waals surface area contributed by atoms with Gasteiger partial charge in [-0.25, -0.2) is 4.79 Å². The van der Waals surface area contributed by atoms with Crippen molar-refractivity contribution in [2.45, 2.75) is 0 Å². The van der Waals surface area contributed by atoms with Gasteiger partial charge in [0, 0.05) is 17.7 Å². The maximum Gasteiger partial charge on any atom is 0.344 e. The van der Waals surface area contributed by atoms with Crippen LogP contribution in [0.25, 0.3) is 0 Å². The molecule has 0 unspecified atom stereocenters. The summed E-state index contributed by atoms with van der Waals surface area (Å²) < 4.78 is 14.7. The number of hydrogen-bond donors (Lipinski definition) is 1. The quantitative estimate of drug-likeness (QED) is 0.408. The van der Waals surface area contributed by atoms with Crippen molar-refractivity contribution in [3.05, 3.63) is 64.2 Å². The Morgan fingerprint density at radius 1 is 1.07 bits per heavy atom. The molecule has 2 rings (SSSR count). The number of benzene rings is 2. The second-order valence-corrected chi connectivity index (χ2v) is 5.28. The van der Waals surface area contributed by atoms with Crippen molar-refractivity contribution in [1.29, 1.82) is 0 Å². The lowest BCUT2D eigenvalue weighted by Gasteiger charge is -2.08. The van der Waals surface area contributed by atoms with Crippen molar-refractivity contribution >= 4 is 23.5 Å². The zero-order valence-corrected chi connectivity index (χ0v) is 14.7. The molecule has 0 spiro atoms. The minimum atomic E-state index is -0.861. The molecule has 0 saturated heterocycles. The zero-order valence-electron chi connectivity index (χ0n) is 14.7. The van der Waals surface area contributed by atoms with Crippen LogP contribution in [0.4, 0.5) is 5.69 Å². The highest BCUT2D eigenvalue weighted by Crippen LogP contribution is 2.30. The fourth-order valence-corrected chi connectivity index (χ4v) is 2.05. The fourth-order valence-electron chi connectivity index (χ4n) is 2.05. The number of nitro benzene ring substituents is 1. The second kappa shape index (κ2) is 9.67. The van der Waals surface area contributed by atoms with Crippen molar-refractivity contribution in [3.63, 3.8) is 0 Å². The number of nitrogens with one attached hydrogen (secondary N) is 1. The van der Waals surface area contributed by atoms with Gasteiger partial charge in [0.25, 0.3) is 11.8 Å². The van der Waals surface area contributed by atoms with Gasteiger partial charge in [0.2, 0.25) is 5.75 Å². The lowest BCUT2D eigenvalue weighted by Crippen LogP contribution is -2.34. The summed E-state index contributed by atoms with van der Waals surface area (Å²) in [4.78, 5) is 45.3. The predicted octanol–water partition coefficient (Wildman–Crippen LogP) is 1.48. The van der Waals surface area contributed by atoms with Crippen LogP contribution in [0.2, 0.25) is 0 Å². The molecule has 2 aromatic rings. The summed E-state index contributed by atoms with van der Waals surface area (Å²) in [5, 5.41) is 12.9. The van der Waals surface area contributed by atoms with E-state index in [1.165, 1.54) is 37.4 Å². The minimum Gasteiger partial charge on any atom is -0.490 e. The van der Waals surface area contributed by atoms with Gasteiger partial charge in [-0.2, -0.15) is 0 Å². The molecule has 0 bridgehead atoms. The number of carbonyl (C=O) groups is 3. The Kier molecular flexibility index (Phi) is 7.03. The lowest BCUT2D eigenvalue weighted by atomic mass is 10.2. The van der Waals surface area contributed by atoms with E-state index in [2.05, 4.69) is 5.32 Å². The van der Waals surface area contributed by atoms with Gasteiger partial charge in [-0.15, -0.1) is 0 Å². The summed E-state index contributed by atoms with van der Waals surface area (Å²) in [5.74, 6) is -2.16. The van der Waals surface area contributed by atoms with E-state index in [1.54, 1.807) is 18.2 Å². The van der Waals surface area contributed by atoms with E-state index in [9.17, 15) is 24.5 Å². The van der Waals surface area contributed by atoms with Gasteiger partial charge in [0.1, 0.15) is 5.75 Å². The summed E-state index contributed by atoms with van der Waals surface area (Å²) >= 11 is 0. The number of rotatable bonds is 8. The molecule has 0 atom stereocenters. The highest BCUT2D eigenvalue weighted by Gasteiger charge is 2.16. The van der Waals surface area contributed by atoms with Crippen molar-refractivity contribution in [3.8, 4) is 11.5 Å². The molecule has 146 valence electrons. The maximum atomic E-state index is 11.8. The number of amides is 2. The molecule has 1 N–H and O–H groups in total. The number of imide groups is 1. The van der Waals surface area contributed by atoms with Crippen LogP contribution < -0.4 is 14.8 Å². The monoisotopic (exact) mass is 388 g/mol. The average molecular weight is 388 g/mol. The fraction of sp³-hybridized carbons (Fsp3) is 0.167. The molecular formula is C18H16N2O8. The lowest BCUT2D eigenvalue weighted by molar-refractivity contribution is -0.385. The molecule has 10 heteroatoms. The van der Waals surface area contributed by atoms with Crippen LogP contribution in [0.15, 0.2) is 48.5 Å². The Balaban J connectivity index is 1.79. The Labute approximate surface area is 159 Å². The molecule has 0 aromatic heterocycles. The Morgan fingerprint density at radius 3 is 2.43 bits per heavy atom. The third-order valence-corrected chi connectivity index (χ3v) is 3.36. The molecular weight excluding hydrogens is 372 g/mol. The first-order chi connectivity index (χ1) is 13.4. The van der Waals surface area contributed by atoms with Gasteiger partial charge >= 0.3 is 11.7 Å². The number of hydrogen-bond acceptors (Lipinski definition) is 8. The van der Waals surface area contributed by atoms with Gasteiger partial charge < -0.3 is 14.2 Å². The van der Waals surface area contributed by atoms with Gasteiger partial charge in [0.05, 0.1) is 12.0 Å². The highest BCUT2D eigenvalue weighted by atomic mass is 16.6. The third-order valence-electron chi connectivity index (χ3n) is 3.36. The van der Waals surface area contributed by atoms with Crippen molar-refractivity contribution in [2.24, 2.45) is 0 Å². The summed E-state index contributed by atoms with van der Waals surface area (Å²) in [5.41, 5.74) is 0.0369. The van der Waals surface area contributed by atoms with E-state index in [4.69, 9.17) is 14.2 Å². The Hall–Kier alpha value is -3.95. The molecule has 28 heavy (non-hydrogen) atoms.